The van der Waals surface area contributed by atoms with Crippen LogP contribution in [0.3, 0.4) is 0 Å². The SMILES string of the molecule is COCOc1c(-c2ccccc2Br)cc(C)cc1-c1cccc2c1C(C)c1ccccc1-2. The lowest BCUT2D eigenvalue weighted by Crippen LogP contribution is -2.04. The molecule has 5 rings (SSSR count). The maximum absolute atomic E-state index is 6.27. The molecule has 1 atom stereocenters. The summed E-state index contributed by atoms with van der Waals surface area (Å²) in [5, 5.41) is 0. The van der Waals surface area contributed by atoms with Crippen LogP contribution >= 0.6 is 15.9 Å². The van der Waals surface area contributed by atoms with Crippen molar-refractivity contribution in [3.05, 3.63) is 100 Å². The molecule has 0 bridgehead atoms. The number of hydrogen-bond acceptors (Lipinski definition) is 2. The minimum atomic E-state index is 0.193. The summed E-state index contributed by atoms with van der Waals surface area (Å²) in [5.74, 6) is 1.17. The van der Waals surface area contributed by atoms with Crippen LogP contribution in [0.1, 0.15) is 29.5 Å². The van der Waals surface area contributed by atoms with Crippen LogP contribution in [0, 0.1) is 6.92 Å². The average Bonchev–Trinajstić information content (AvgIpc) is 3.11. The van der Waals surface area contributed by atoms with E-state index in [1.165, 1.54) is 33.4 Å². The second-order valence-electron chi connectivity index (χ2n) is 8.30. The molecule has 1 aliphatic carbocycles. The second kappa shape index (κ2) is 8.57. The maximum Gasteiger partial charge on any atom is 0.188 e. The summed E-state index contributed by atoms with van der Waals surface area (Å²) >= 11 is 3.73. The molecule has 0 aromatic heterocycles. The molecule has 0 N–H and O–H groups in total. The first-order valence-electron chi connectivity index (χ1n) is 10.8. The van der Waals surface area contributed by atoms with Gasteiger partial charge >= 0.3 is 0 Å². The molecule has 1 aliphatic rings. The number of halogens is 1. The Bertz CT molecular complexity index is 1310. The Morgan fingerprint density at radius 3 is 2.06 bits per heavy atom. The molecule has 2 nitrogen and oxygen atoms in total. The third kappa shape index (κ3) is 3.46. The number of benzene rings is 4. The van der Waals surface area contributed by atoms with E-state index in [0.717, 1.165) is 26.9 Å². The highest BCUT2D eigenvalue weighted by molar-refractivity contribution is 9.10. The fourth-order valence-electron chi connectivity index (χ4n) is 4.90. The number of methoxy groups -OCH3 is 1. The van der Waals surface area contributed by atoms with Crippen molar-refractivity contribution in [2.75, 3.05) is 13.9 Å². The van der Waals surface area contributed by atoms with Crippen molar-refractivity contribution in [1.29, 1.82) is 0 Å². The second-order valence-corrected chi connectivity index (χ2v) is 9.15. The molecule has 0 fully saturated rings. The smallest absolute Gasteiger partial charge is 0.188 e. The topological polar surface area (TPSA) is 18.5 Å². The number of rotatable bonds is 5. The van der Waals surface area contributed by atoms with E-state index in [1.54, 1.807) is 7.11 Å². The summed E-state index contributed by atoms with van der Waals surface area (Å²) in [6.07, 6.45) is 0. The van der Waals surface area contributed by atoms with Crippen molar-refractivity contribution in [3.63, 3.8) is 0 Å². The van der Waals surface area contributed by atoms with E-state index in [1.807, 2.05) is 6.07 Å². The van der Waals surface area contributed by atoms with Crippen molar-refractivity contribution in [2.45, 2.75) is 19.8 Å². The quantitative estimate of drug-likeness (QED) is 0.265. The molecule has 0 saturated carbocycles. The first-order valence-corrected chi connectivity index (χ1v) is 11.6. The van der Waals surface area contributed by atoms with Crippen LogP contribution in [-0.2, 0) is 4.74 Å². The summed E-state index contributed by atoms with van der Waals surface area (Å²) < 4.78 is 12.6. The van der Waals surface area contributed by atoms with Crippen LogP contribution in [-0.4, -0.2) is 13.9 Å². The highest BCUT2D eigenvalue weighted by Gasteiger charge is 2.29. The summed E-state index contributed by atoms with van der Waals surface area (Å²) in [4.78, 5) is 0. The molecule has 4 aromatic carbocycles. The Labute approximate surface area is 198 Å². The van der Waals surface area contributed by atoms with Crippen LogP contribution in [0.25, 0.3) is 33.4 Å². The summed E-state index contributed by atoms with van der Waals surface area (Å²) in [6.45, 7) is 4.64. The summed E-state index contributed by atoms with van der Waals surface area (Å²) in [7, 11) is 1.66. The van der Waals surface area contributed by atoms with E-state index >= 15 is 0 Å². The third-order valence-corrected chi connectivity index (χ3v) is 6.96. The lowest BCUT2D eigenvalue weighted by atomic mass is 9.88. The van der Waals surface area contributed by atoms with Gasteiger partial charge in [0, 0.05) is 28.6 Å². The van der Waals surface area contributed by atoms with E-state index in [4.69, 9.17) is 9.47 Å². The molecular formula is C29H25BrO2. The van der Waals surface area contributed by atoms with E-state index in [0.29, 0.717) is 5.92 Å². The molecular weight excluding hydrogens is 460 g/mol. The van der Waals surface area contributed by atoms with E-state index < -0.39 is 0 Å². The minimum Gasteiger partial charge on any atom is -0.466 e. The summed E-state index contributed by atoms with van der Waals surface area (Å²) in [6, 6.07) is 28.0. The van der Waals surface area contributed by atoms with Gasteiger partial charge in [-0.1, -0.05) is 83.5 Å². The highest BCUT2D eigenvalue weighted by Crippen LogP contribution is 2.51. The monoisotopic (exact) mass is 484 g/mol. The molecule has 1 unspecified atom stereocenters. The van der Waals surface area contributed by atoms with Crippen molar-refractivity contribution >= 4 is 15.9 Å². The van der Waals surface area contributed by atoms with E-state index in [2.05, 4.69) is 103 Å². The van der Waals surface area contributed by atoms with Crippen molar-refractivity contribution in [3.8, 4) is 39.1 Å². The van der Waals surface area contributed by atoms with Gasteiger partial charge in [-0.2, -0.15) is 0 Å². The van der Waals surface area contributed by atoms with Gasteiger partial charge in [-0.3, -0.25) is 0 Å². The number of hydrogen-bond donors (Lipinski definition) is 0. The zero-order chi connectivity index (χ0) is 22.2. The normalized spacial score (nSPS) is 14.2. The van der Waals surface area contributed by atoms with Gasteiger partial charge in [-0.15, -0.1) is 0 Å². The van der Waals surface area contributed by atoms with Gasteiger partial charge in [0.15, 0.2) is 6.79 Å². The van der Waals surface area contributed by atoms with Crippen LogP contribution in [0.4, 0.5) is 0 Å². The molecule has 0 spiro atoms. The maximum atomic E-state index is 6.27. The predicted octanol–water partition coefficient (Wildman–Crippen LogP) is 8.21. The summed E-state index contributed by atoms with van der Waals surface area (Å²) in [5.41, 5.74) is 11.1. The molecule has 3 heteroatoms. The Kier molecular flexibility index (Phi) is 5.62. The van der Waals surface area contributed by atoms with Gasteiger partial charge in [0.2, 0.25) is 0 Å². The van der Waals surface area contributed by atoms with Crippen LogP contribution in [0.15, 0.2) is 83.3 Å². The Morgan fingerprint density at radius 2 is 1.34 bits per heavy atom. The lowest BCUT2D eigenvalue weighted by molar-refractivity contribution is 0.0519. The van der Waals surface area contributed by atoms with E-state index in [-0.39, 0.29) is 6.79 Å². The van der Waals surface area contributed by atoms with Gasteiger partial charge in [-0.25, -0.2) is 0 Å². The first-order chi connectivity index (χ1) is 15.6. The fraction of sp³-hybridized carbons (Fsp3) is 0.172. The van der Waals surface area contributed by atoms with Crippen LogP contribution in [0.5, 0.6) is 5.75 Å². The minimum absolute atomic E-state index is 0.193. The highest BCUT2D eigenvalue weighted by atomic mass is 79.9. The molecule has 0 aliphatic heterocycles. The first kappa shape index (κ1) is 21.0. The zero-order valence-corrected chi connectivity index (χ0v) is 20.1. The molecule has 32 heavy (non-hydrogen) atoms. The lowest BCUT2D eigenvalue weighted by Gasteiger charge is -2.21. The predicted molar refractivity (Wildman–Crippen MR) is 135 cm³/mol. The van der Waals surface area contributed by atoms with Gasteiger partial charge in [-0.05, 0) is 64.1 Å². The largest absolute Gasteiger partial charge is 0.466 e. The average molecular weight is 485 g/mol. The Balaban J connectivity index is 1.78. The van der Waals surface area contributed by atoms with Gasteiger partial charge in [0.05, 0.1) is 0 Å². The van der Waals surface area contributed by atoms with Gasteiger partial charge in [0.1, 0.15) is 5.75 Å². The molecule has 0 saturated heterocycles. The van der Waals surface area contributed by atoms with Gasteiger partial charge in [0.25, 0.3) is 0 Å². The van der Waals surface area contributed by atoms with Gasteiger partial charge < -0.3 is 9.47 Å². The molecule has 0 amide bonds. The van der Waals surface area contributed by atoms with Crippen LogP contribution in [0.2, 0.25) is 0 Å². The standard InChI is InChI=1S/C29H25BrO2/c1-18-15-25(22-11-6-7-14-27(22)30)29(32-17-31-3)26(16-18)24-13-8-12-23-21-10-5-4-9-20(21)19(2)28(23)24/h4-16,19H,17H2,1-3H3. The molecule has 4 aromatic rings. The molecule has 160 valence electrons. The fourth-order valence-corrected chi connectivity index (χ4v) is 5.40. The number of aryl methyl sites for hydroxylation is 1. The van der Waals surface area contributed by atoms with Crippen molar-refractivity contribution in [2.24, 2.45) is 0 Å². The Morgan fingerprint density at radius 1 is 0.750 bits per heavy atom. The van der Waals surface area contributed by atoms with Crippen molar-refractivity contribution in [1.82, 2.24) is 0 Å². The van der Waals surface area contributed by atoms with Crippen LogP contribution < -0.4 is 4.74 Å². The zero-order valence-electron chi connectivity index (χ0n) is 18.5. The molecule has 0 radical (unpaired) electrons. The number of fused-ring (bicyclic) bond motifs is 3. The van der Waals surface area contributed by atoms with Crippen molar-refractivity contribution < 1.29 is 9.47 Å². The third-order valence-electron chi connectivity index (χ3n) is 6.27. The molecule has 0 heterocycles. The van der Waals surface area contributed by atoms with E-state index in [9.17, 15) is 0 Å². The number of ether oxygens (including phenoxy) is 2. The Hall–Kier alpha value is -2.88.